The third-order valence-electron chi connectivity index (χ3n) is 4.26. The normalized spacial score (nSPS) is 11.3. The Bertz CT molecular complexity index is 1380. The Morgan fingerprint density at radius 2 is 1.73 bits per heavy atom. The maximum Gasteiger partial charge on any atom is 0.271 e. The largest absolute Gasteiger partial charge is 0.323 e. The van der Waals surface area contributed by atoms with E-state index in [1.54, 1.807) is 60.0 Å². The third kappa shape index (κ3) is 4.09. The van der Waals surface area contributed by atoms with Gasteiger partial charge in [0.2, 0.25) is 5.91 Å². The molecule has 0 bridgehead atoms. The Morgan fingerprint density at radius 1 is 1.00 bits per heavy atom. The number of fused-ring (bicyclic) bond motifs is 1. The van der Waals surface area contributed by atoms with Crippen LogP contribution in [0.2, 0.25) is 0 Å². The number of nitrogens with one attached hydrogen (secondary N) is 2. The van der Waals surface area contributed by atoms with Crippen LogP contribution in [0.25, 0.3) is 11.0 Å². The minimum atomic E-state index is -3.77. The van der Waals surface area contributed by atoms with E-state index in [4.69, 9.17) is 0 Å². The fraction of sp³-hybridized carbons (Fsp3) is 0.0500. The summed E-state index contributed by atoms with van der Waals surface area (Å²) in [7, 11) is -3.77. The van der Waals surface area contributed by atoms with Gasteiger partial charge in [-0.15, -0.1) is 11.3 Å². The van der Waals surface area contributed by atoms with E-state index in [0.29, 0.717) is 11.0 Å². The van der Waals surface area contributed by atoms with Crippen molar-refractivity contribution in [2.75, 3.05) is 10.0 Å². The summed E-state index contributed by atoms with van der Waals surface area (Å²) in [5.74, 6) is -0.476. The van der Waals surface area contributed by atoms with Crippen molar-refractivity contribution in [3.05, 3.63) is 82.6 Å². The van der Waals surface area contributed by atoms with Crippen LogP contribution >= 0.6 is 11.3 Å². The lowest BCUT2D eigenvalue weighted by atomic mass is 10.2. The number of thiophene rings is 1. The second-order valence-corrected chi connectivity index (χ2v) is 9.16. The number of hydrogen-bond donors (Lipinski definition) is 2. The predicted molar refractivity (Wildman–Crippen MR) is 116 cm³/mol. The summed E-state index contributed by atoms with van der Waals surface area (Å²) < 4.78 is 29.0. The van der Waals surface area contributed by atoms with Crippen molar-refractivity contribution in [1.82, 2.24) is 9.55 Å². The van der Waals surface area contributed by atoms with Gasteiger partial charge in [-0.2, -0.15) is 0 Å². The van der Waals surface area contributed by atoms with Crippen LogP contribution in [-0.2, 0) is 21.4 Å². The summed E-state index contributed by atoms with van der Waals surface area (Å²) in [6.45, 7) is -0.242. The number of amides is 1. The first kappa shape index (κ1) is 19.8. The summed E-state index contributed by atoms with van der Waals surface area (Å²) in [5, 5.41) is 4.34. The molecule has 1 amide bonds. The molecular formula is C20H16N4O4S2. The van der Waals surface area contributed by atoms with Crippen molar-refractivity contribution in [3.8, 4) is 0 Å². The fourth-order valence-electron chi connectivity index (χ4n) is 2.90. The zero-order chi connectivity index (χ0) is 21.1. The number of anilines is 2. The van der Waals surface area contributed by atoms with Crippen LogP contribution in [0.4, 0.5) is 11.4 Å². The Morgan fingerprint density at radius 3 is 2.50 bits per heavy atom. The third-order valence-corrected chi connectivity index (χ3v) is 7.02. The molecule has 0 unspecified atom stereocenters. The summed E-state index contributed by atoms with van der Waals surface area (Å²) in [5.41, 5.74) is 1.23. The number of carbonyl (C=O) groups is 1. The highest BCUT2D eigenvalue weighted by Crippen LogP contribution is 2.26. The molecule has 0 spiro atoms. The molecule has 0 aliphatic carbocycles. The van der Waals surface area contributed by atoms with Gasteiger partial charge >= 0.3 is 0 Å². The van der Waals surface area contributed by atoms with Gasteiger partial charge in [0.25, 0.3) is 15.6 Å². The molecule has 10 heteroatoms. The number of nitrogens with zero attached hydrogens (tertiary/aromatic N) is 2. The van der Waals surface area contributed by atoms with Gasteiger partial charge in [0, 0.05) is 0 Å². The Labute approximate surface area is 175 Å². The number of aromatic nitrogens is 2. The molecule has 0 aliphatic rings. The molecule has 8 nitrogen and oxygen atoms in total. The van der Waals surface area contributed by atoms with Gasteiger partial charge in [0.15, 0.2) is 0 Å². The van der Waals surface area contributed by atoms with Crippen molar-refractivity contribution in [2.45, 2.75) is 10.8 Å². The van der Waals surface area contributed by atoms with E-state index in [0.717, 1.165) is 11.3 Å². The molecule has 152 valence electrons. The minimum Gasteiger partial charge on any atom is -0.323 e. The van der Waals surface area contributed by atoms with Gasteiger partial charge in [0.1, 0.15) is 10.8 Å². The van der Waals surface area contributed by atoms with Crippen LogP contribution in [0.3, 0.4) is 0 Å². The topological polar surface area (TPSA) is 110 Å². The SMILES string of the molecule is O=C(Cn1c(=O)cnc2ccccc21)Nc1ccccc1NS(=O)(=O)c1cccs1. The van der Waals surface area contributed by atoms with Crippen LogP contribution in [0.15, 0.2) is 81.2 Å². The number of para-hydroxylation sites is 4. The van der Waals surface area contributed by atoms with E-state index in [-0.39, 0.29) is 22.1 Å². The van der Waals surface area contributed by atoms with E-state index >= 15 is 0 Å². The molecule has 0 saturated heterocycles. The molecule has 0 saturated carbocycles. The lowest BCUT2D eigenvalue weighted by Crippen LogP contribution is -2.28. The summed E-state index contributed by atoms with van der Waals surface area (Å²) >= 11 is 1.09. The molecule has 0 fully saturated rings. The second-order valence-electron chi connectivity index (χ2n) is 6.30. The van der Waals surface area contributed by atoms with Crippen molar-refractivity contribution in [3.63, 3.8) is 0 Å². The highest BCUT2D eigenvalue weighted by Gasteiger charge is 2.18. The molecule has 2 heterocycles. The highest BCUT2D eigenvalue weighted by atomic mass is 32.2. The zero-order valence-electron chi connectivity index (χ0n) is 15.5. The van der Waals surface area contributed by atoms with Gasteiger partial charge in [0.05, 0.1) is 28.6 Å². The molecule has 4 aromatic rings. The first-order valence-corrected chi connectivity index (χ1v) is 11.2. The van der Waals surface area contributed by atoms with Crippen LogP contribution in [-0.4, -0.2) is 23.9 Å². The first-order valence-electron chi connectivity index (χ1n) is 8.84. The van der Waals surface area contributed by atoms with E-state index in [1.165, 1.54) is 16.8 Å². The molecule has 30 heavy (non-hydrogen) atoms. The van der Waals surface area contributed by atoms with Crippen molar-refractivity contribution in [2.24, 2.45) is 0 Å². The molecule has 2 N–H and O–H groups in total. The number of hydrogen-bond acceptors (Lipinski definition) is 6. The maximum absolute atomic E-state index is 12.7. The van der Waals surface area contributed by atoms with Gasteiger partial charge in [-0.3, -0.25) is 18.9 Å². The van der Waals surface area contributed by atoms with Gasteiger partial charge in [-0.25, -0.2) is 13.4 Å². The lowest BCUT2D eigenvalue weighted by molar-refractivity contribution is -0.116. The molecular weight excluding hydrogens is 424 g/mol. The number of rotatable bonds is 6. The van der Waals surface area contributed by atoms with Crippen LogP contribution in [0.1, 0.15) is 0 Å². The number of carbonyl (C=O) groups excluding carboxylic acids is 1. The first-order chi connectivity index (χ1) is 14.4. The lowest BCUT2D eigenvalue weighted by Gasteiger charge is -2.14. The van der Waals surface area contributed by atoms with Crippen molar-refractivity contribution < 1.29 is 13.2 Å². The van der Waals surface area contributed by atoms with E-state index in [2.05, 4.69) is 15.0 Å². The zero-order valence-corrected chi connectivity index (χ0v) is 17.1. The smallest absolute Gasteiger partial charge is 0.271 e. The maximum atomic E-state index is 12.7. The molecule has 4 rings (SSSR count). The minimum absolute atomic E-state index is 0.165. The van der Waals surface area contributed by atoms with Gasteiger partial charge < -0.3 is 5.32 Å². The summed E-state index contributed by atoms with van der Waals surface area (Å²) in [6, 6.07) is 16.6. The fourth-order valence-corrected chi connectivity index (χ4v) is 4.98. The molecule has 0 radical (unpaired) electrons. The predicted octanol–water partition coefficient (Wildman–Crippen LogP) is 2.90. The monoisotopic (exact) mass is 440 g/mol. The number of benzene rings is 2. The van der Waals surface area contributed by atoms with E-state index in [9.17, 15) is 18.0 Å². The Balaban J connectivity index is 1.58. The molecule has 2 aromatic carbocycles. The Hall–Kier alpha value is -3.50. The summed E-state index contributed by atoms with van der Waals surface area (Å²) in [6.07, 6.45) is 1.17. The standard InChI is InChI=1S/C20H16N4O4S2/c25-18(13-24-17-9-4-3-8-16(17)21-12-19(24)26)22-14-6-1-2-7-15(14)23-30(27,28)20-10-5-11-29-20/h1-12,23H,13H2,(H,22,25). The molecule has 0 atom stereocenters. The molecule has 2 aromatic heterocycles. The van der Waals surface area contributed by atoms with Crippen molar-refractivity contribution >= 4 is 49.7 Å². The second kappa shape index (κ2) is 8.09. The van der Waals surface area contributed by atoms with Gasteiger partial charge in [-0.05, 0) is 35.7 Å². The number of sulfonamides is 1. The average molecular weight is 441 g/mol. The molecule has 0 aliphatic heterocycles. The van der Waals surface area contributed by atoms with Crippen LogP contribution in [0, 0.1) is 0 Å². The van der Waals surface area contributed by atoms with Crippen molar-refractivity contribution in [1.29, 1.82) is 0 Å². The quantitative estimate of drug-likeness (QED) is 0.479. The Kier molecular flexibility index (Phi) is 5.34. The van der Waals surface area contributed by atoms with E-state index < -0.39 is 21.5 Å². The van der Waals surface area contributed by atoms with Crippen LogP contribution < -0.4 is 15.6 Å². The average Bonchev–Trinajstić information content (AvgIpc) is 3.27. The van der Waals surface area contributed by atoms with Crippen LogP contribution in [0.5, 0.6) is 0 Å². The highest BCUT2D eigenvalue weighted by molar-refractivity contribution is 7.94. The van der Waals surface area contributed by atoms with Gasteiger partial charge in [-0.1, -0.05) is 30.3 Å². The van der Waals surface area contributed by atoms with E-state index in [1.807, 2.05) is 0 Å². The summed E-state index contributed by atoms with van der Waals surface area (Å²) in [4.78, 5) is 29.0.